The van der Waals surface area contributed by atoms with Gasteiger partial charge in [-0.3, -0.25) is 9.89 Å². The molecule has 39 heavy (non-hydrogen) atoms. The van der Waals surface area contributed by atoms with E-state index in [-0.39, 0.29) is 0 Å². The molecule has 8 heteroatoms. The first-order chi connectivity index (χ1) is 19.1. The van der Waals surface area contributed by atoms with E-state index in [4.69, 9.17) is 10.7 Å². The Labute approximate surface area is 228 Å². The average Bonchev–Trinajstić information content (AvgIpc) is 3.75. The van der Waals surface area contributed by atoms with Crippen LogP contribution < -0.4 is 10.6 Å². The first kappa shape index (κ1) is 24.8. The zero-order valence-corrected chi connectivity index (χ0v) is 22.2. The first-order valence-corrected chi connectivity index (χ1v) is 13.5. The van der Waals surface area contributed by atoms with Gasteiger partial charge in [0, 0.05) is 86.3 Å². The number of rotatable bonds is 7. The Morgan fingerprint density at radius 3 is 2.56 bits per heavy atom. The molecule has 0 bridgehead atoms. The summed E-state index contributed by atoms with van der Waals surface area (Å²) in [6.07, 6.45) is 9.48. The summed E-state index contributed by atoms with van der Waals surface area (Å²) in [7, 11) is 1.76. The van der Waals surface area contributed by atoms with Crippen LogP contribution in [0.15, 0.2) is 77.8 Å². The van der Waals surface area contributed by atoms with Gasteiger partial charge in [-0.2, -0.15) is 10.4 Å². The number of fused-ring (bicyclic) bond motifs is 1. The van der Waals surface area contributed by atoms with Gasteiger partial charge < -0.3 is 10.6 Å². The second kappa shape index (κ2) is 10.7. The van der Waals surface area contributed by atoms with E-state index in [9.17, 15) is 5.26 Å². The molecule has 0 unspecified atom stereocenters. The fourth-order valence-electron chi connectivity index (χ4n) is 5.34. The smallest absolute Gasteiger partial charge is 0.128 e. The van der Waals surface area contributed by atoms with Crippen LogP contribution in [0, 0.1) is 17.2 Å². The van der Waals surface area contributed by atoms with Crippen molar-refractivity contribution in [2.24, 2.45) is 16.6 Å². The second-order valence-corrected chi connectivity index (χ2v) is 10.3. The number of nitrogens with zero attached hydrogens (tertiary/aromatic N) is 7. The standard InChI is InChI=1S/C31H32N8/c1-34-19-28(30(33)23-7-8-23)25-15-27(31-26(16-32)18-36-39(31)21-25)24-9-10-29(35-17-24)38-13-11-37(12-14-38)20-22-5-3-2-4-6-22/h2-6,9-10,15,17-19,21,23H,7-8,11-14,20,33H2,1H3. The number of allylic oxidation sites excluding steroid dienone is 2. The molecule has 0 spiro atoms. The number of piperazine rings is 1. The first-order valence-electron chi connectivity index (χ1n) is 13.5. The summed E-state index contributed by atoms with van der Waals surface area (Å²) in [5, 5.41) is 14.3. The molecule has 2 N–H and O–H groups in total. The van der Waals surface area contributed by atoms with E-state index in [0.717, 1.165) is 84.9 Å². The normalized spacial score (nSPS) is 17.0. The number of anilines is 1. The maximum absolute atomic E-state index is 9.78. The summed E-state index contributed by atoms with van der Waals surface area (Å²) in [6.45, 7) is 4.85. The van der Waals surface area contributed by atoms with Gasteiger partial charge in [0.2, 0.25) is 0 Å². The van der Waals surface area contributed by atoms with E-state index in [2.05, 4.69) is 74.5 Å². The molecule has 8 nitrogen and oxygen atoms in total. The fourth-order valence-corrected chi connectivity index (χ4v) is 5.34. The topological polar surface area (TPSA) is 98.8 Å². The number of hydrogen-bond acceptors (Lipinski definition) is 7. The van der Waals surface area contributed by atoms with E-state index in [0.29, 0.717) is 11.5 Å². The molecular weight excluding hydrogens is 484 g/mol. The number of hydrogen-bond donors (Lipinski definition) is 1. The van der Waals surface area contributed by atoms with Gasteiger partial charge in [-0.05, 0) is 42.5 Å². The summed E-state index contributed by atoms with van der Waals surface area (Å²) >= 11 is 0. The quantitative estimate of drug-likeness (QED) is 0.366. The lowest BCUT2D eigenvalue weighted by Crippen LogP contribution is -2.46. The number of nitriles is 1. The molecule has 2 aliphatic rings. The van der Waals surface area contributed by atoms with Gasteiger partial charge in [0.1, 0.15) is 11.9 Å². The summed E-state index contributed by atoms with van der Waals surface area (Å²) in [6, 6.07) is 19.2. The van der Waals surface area contributed by atoms with Crippen LogP contribution >= 0.6 is 0 Å². The predicted molar refractivity (Wildman–Crippen MR) is 155 cm³/mol. The van der Waals surface area contributed by atoms with Crippen molar-refractivity contribution in [1.29, 1.82) is 5.26 Å². The van der Waals surface area contributed by atoms with Gasteiger partial charge in [0.25, 0.3) is 0 Å². The van der Waals surface area contributed by atoms with Gasteiger partial charge in [0.05, 0.1) is 17.3 Å². The van der Waals surface area contributed by atoms with Gasteiger partial charge in [-0.1, -0.05) is 30.3 Å². The zero-order valence-electron chi connectivity index (χ0n) is 22.2. The molecule has 1 aliphatic carbocycles. The molecule has 2 fully saturated rings. The summed E-state index contributed by atoms with van der Waals surface area (Å²) in [5.41, 5.74) is 13.7. The molecule has 1 saturated carbocycles. The lowest BCUT2D eigenvalue weighted by Gasteiger charge is -2.35. The van der Waals surface area contributed by atoms with E-state index in [1.54, 1.807) is 17.8 Å². The lowest BCUT2D eigenvalue weighted by atomic mass is 9.98. The third-order valence-electron chi connectivity index (χ3n) is 7.63. The number of aliphatic imine (C=N–C) groups is 1. The van der Waals surface area contributed by atoms with Crippen LogP contribution in [0.5, 0.6) is 0 Å². The van der Waals surface area contributed by atoms with Crippen LogP contribution in [0.25, 0.3) is 22.2 Å². The number of nitrogens with two attached hydrogens (primary N) is 1. The largest absolute Gasteiger partial charge is 0.401 e. The van der Waals surface area contributed by atoms with Gasteiger partial charge in [0.15, 0.2) is 0 Å². The third kappa shape index (κ3) is 5.14. The van der Waals surface area contributed by atoms with Crippen molar-refractivity contribution in [3.8, 4) is 17.2 Å². The molecule has 0 atom stereocenters. The van der Waals surface area contributed by atoms with E-state index in [1.165, 1.54) is 5.56 Å². The van der Waals surface area contributed by atoms with Crippen molar-refractivity contribution in [3.05, 3.63) is 89.5 Å². The molecule has 1 saturated heterocycles. The van der Waals surface area contributed by atoms with Crippen molar-refractivity contribution in [2.45, 2.75) is 19.4 Å². The van der Waals surface area contributed by atoms with Crippen LogP contribution in [0.4, 0.5) is 5.82 Å². The van der Waals surface area contributed by atoms with E-state index in [1.807, 2.05) is 18.6 Å². The summed E-state index contributed by atoms with van der Waals surface area (Å²) in [4.78, 5) is 14.0. The monoisotopic (exact) mass is 516 g/mol. The molecule has 196 valence electrons. The summed E-state index contributed by atoms with van der Waals surface area (Å²) in [5.74, 6) is 1.37. The van der Waals surface area contributed by atoms with Gasteiger partial charge in [-0.15, -0.1) is 0 Å². The molecule has 1 aromatic carbocycles. The van der Waals surface area contributed by atoms with Crippen molar-refractivity contribution in [2.75, 3.05) is 38.1 Å². The minimum atomic E-state index is 0.401. The third-order valence-corrected chi connectivity index (χ3v) is 7.63. The number of benzene rings is 1. The molecule has 3 aromatic heterocycles. The Hall–Kier alpha value is -4.48. The predicted octanol–water partition coefficient (Wildman–Crippen LogP) is 4.37. The Morgan fingerprint density at radius 1 is 1.10 bits per heavy atom. The molecule has 4 aromatic rings. The molecule has 6 rings (SSSR count). The van der Waals surface area contributed by atoms with E-state index < -0.39 is 0 Å². The highest BCUT2D eigenvalue weighted by Crippen LogP contribution is 2.38. The Bertz CT molecular complexity index is 1560. The number of pyridine rings is 2. The molecule has 1 aliphatic heterocycles. The van der Waals surface area contributed by atoms with Crippen LogP contribution in [0.2, 0.25) is 0 Å². The maximum atomic E-state index is 9.78. The van der Waals surface area contributed by atoms with Crippen LogP contribution in [0.1, 0.15) is 29.5 Å². The second-order valence-electron chi connectivity index (χ2n) is 10.3. The molecule has 0 amide bonds. The molecule has 4 heterocycles. The molecule has 0 radical (unpaired) electrons. The minimum Gasteiger partial charge on any atom is -0.401 e. The van der Waals surface area contributed by atoms with Crippen LogP contribution in [-0.2, 0) is 6.54 Å². The van der Waals surface area contributed by atoms with Gasteiger partial charge in [-0.25, -0.2) is 9.50 Å². The Kier molecular flexibility index (Phi) is 6.82. The Balaban J connectivity index is 1.28. The van der Waals surface area contributed by atoms with Gasteiger partial charge >= 0.3 is 0 Å². The van der Waals surface area contributed by atoms with Crippen molar-refractivity contribution < 1.29 is 0 Å². The SMILES string of the molecule is CN=CC(=C(N)C1CC1)c1cc(-c2ccc(N3CCN(Cc4ccccc4)CC3)nc2)c2c(C#N)cnn2c1. The highest BCUT2D eigenvalue weighted by Gasteiger charge is 2.27. The van der Waals surface area contributed by atoms with Crippen molar-refractivity contribution in [3.63, 3.8) is 0 Å². The highest BCUT2D eigenvalue weighted by molar-refractivity contribution is 6.11. The minimum absolute atomic E-state index is 0.401. The lowest BCUT2D eigenvalue weighted by molar-refractivity contribution is 0.249. The van der Waals surface area contributed by atoms with Crippen molar-refractivity contribution in [1.82, 2.24) is 19.5 Å². The maximum Gasteiger partial charge on any atom is 0.128 e. The van der Waals surface area contributed by atoms with Crippen LogP contribution in [-0.4, -0.2) is 58.9 Å². The zero-order chi connectivity index (χ0) is 26.8. The Morgan fingerprint density at radius 2 is 1.90 bits per heavy atom. The van der Waals surface area contributed by atoms with Crippen molar-refractivity contribution >= 4 is 23.1 Å². The van der Waals surface area contributed by atoms with Crippen LogP contribution in [0.3, 0.4) is 0 Å². The summed E-state index contributed by atoms with van der Waals surface area (Å²) < 4.78 is 1.77. The fraction of sp³-hybridized carbons (Fsp3) is 0.290. The molecular formula is C31H32N8. The average molecular weight is 517 g/mol. The number of aromatic nitrogens is 3. The van der Waals surface area contributed by atoms with E-state index >= 15 is 0 Å². The highest BCUT2D eigenvalue weighted by atomic mass is 15.3.